The van der Waals surface area contributed by atoms with Gasteiger partial charge in [0.25, 0.3) is 5.91 Å². The van der Waals surface area contributed by atoms with Crippen LogP contribution in [-0.2, 0) is 13.1 Å². The predicted molar refractivity (Wildman–Crippen MR) is 106 cm³/mol. The minimum atomic E-state index is -0.503. The summed E-state index contributed by atoms with van der Waals surface area (Å²) >= 11 is 0. The Kier molecular flexibility index (Phi) is 6.04. The predicted octanol–water partition coefficient (Wildman–Crippen LogP) is 3.94. The van der Waals surface area contributed by atoms with Gasteiger partial charge in [-0.1, -0.05) is 37.3 Å². The Bertz CT molecular complexity index is 898. The normalized spacial score (nSPS) is 12.0. The first-order valence-corrected chi connectivity index (χ1v) is 9.25. The number of hydrogen-bond acceptors (Lipinski definition) is 3. The van der Waals surface area contributed by atoms with Crippen LogP contribution < -0.4 is 5.32 Å². The summed E-state index contributed by atoms with van der Waals surface area (Å²) in [6.07, 6.45) is 4.27. The van der Waals surface area contributed by atoms with Gasteiger partial charge >= 0.3 is 0 Å². The summed E-state index contributed by atoms with van der Waals surface area (Å²) in [5.74, 6) is -0.109. The second-order valence-electron chi connectivity index (χ2n) is 6.67. The van der Waals surface area contributed by atoms with E-state index in [-0.39, 0.29) is 5.91 Å². The molecule has 1 amide bonds. The highest BCUT2D eigenvalue weighted by molar-refractivity contribution is 5.94. The smallest absolute Gasteiger partial charge is 0.251 e. The average molecular weight is 363 g/mol. The van der Waals surface area contributed by atoms with Crippen molar-refractivity contribution < 1.29 is 9.90 Å². The van der Waals surface area contributed by atoms with Gasteiger partial charge in [0.15, 0.2) is 0 Å². The molecular formula is C22H25N3O2. The first-order chi connectivity index (χ1) is 13.1. The Balaban J connectivity index is 1.64. The number of nitrogens with one attached hydrogen (secondary N) is 1. The zero-order valence-corrected chi connectivity index (χ0v) is 15.7. The summed E-state index contributed by atoms with van der Waals surface area (Å²) in [7, 11) is 0. The SMILES string of the molecule is CCCn1cc(CNC(=O)c2ccc(-c3cccc([C@@H](C)O)c3)cc2)cn1. The molecular weight excluding hydrogens is 338 g/mol. The molecule has 3 aromatic rings. The number of hydrogen-bond donors (Lipinski definition) is 2. The number of aliphatic hydroxyl groups excluding tert-OH is 1. The fraction of sp³-hybridized carbons (Fsp3) is 0.273. The Labute approximate surface area is 159 Å². The molecule has 0 radical (unpaired) electrons. The number of rotatable bonds is 7. The monoisotopic (exact) mass is 363 g/mol. The van der Waals surface area contributed by atoms with E-state index in [9.17, 15) is 9.90 Å². The van der Waals surface area contributed by atoms with Crippen molar-refractivity contribution in [3.05, 3.63) is 77.6 Å². The summed E-state index contributed by atoms with van der Waals surface area (Å²) in [6.45, 7) is 5.19. The molecule has 0 bridgehead atoms. The molecule has 1 aromatic heterocycles. The zero-order valence-electron chi connectivity index (χ0n) is 15.7. The highest BCUT2D eigenvalue weighted by Crippen LogP contribution is 2.23. The van der Waals surface area contributed by atoms with E-state index < -0.39 is 6.10 Å². The Morgan fingerprint density at radius 1 is 1.19 bits per heavy atom. The number of aryl methyl sites for hydroxylation is 1. The minimum absolute atomic E-state index is 0.109. The van der Waals surface area contributed by atoms with Gasteiger partial charge in [0.1, 0.15) is 0 Å². The lowest BCUT2D eigenvalue weighted by Gasteiger charge is -2.09. The van der Waals surface area contributed by atoms with Gasteiger partial charge in [0.2, 0.25) is 0 Å². The lowest BCUT2D eigenvalue weighted by atomic mass is 10.00. The molecule has 3 rings (SSSR count). The Morgan fingerprint density at radius 3 is 2.67 bits per heavy atom. The molecule has 0 spiro atoms. The number of amides is 1. The van der Waals surface area contributed by atoms with Gasteiger partial charge in [0, 0.05) is 30.4 Å². The van der Waals surface area contributed by atoms with Crippen LogP contribution in [0.1, 0.15) is 47.9 Å². The lowest BCUT2D eigenvalue weighted by Crippen LogP contribution is -2.22. The first kappa shape index (κ1) is 18.9. The van der Waals surface area contributed by atoms with Crippen molar-refractivity contribution in [2.24, 2.45) is 0 Å². The fourth-order valence-corrected chi connectivity index (χ4v) is 2.93. The third kappa shape index (κ3) is 4.83. The first-order valence-electron chi connectivity index (χ1n) is 9.25. The number of carbonyl (C=O) groups excluding carboxylic acids is 1. The highest BCUT2D eigenvalue weighted by atomic mass is 16.3. The molecule has 0 aliphatic rings. The van der Waals surface area contributed by atoms with Crippen LogP contribution in [0.3, 0.4) is 0 Å². The third-order valence-electron chi connectivity index (χ3n) is 4.44. The van der Waals surface area contributed by atoms with Crippen molar-refractivity contribution in [1.82, 2.24) is 15.1 Å². The molecule has 0 fully saturated rings. The van der Waals surface area contributed by atoms with Crippen molar-refractivity contribution in [1.29, 1.82) is 0 Å². The van der Waals surface area contributed by atoms with Crippen LogP contribution in [-0.4, -0.2) is 20.8 Å². The number of carbonyl (C=O) groups is 1. The van der Waals surface area contributed by atoms with E-state index in [1.807, 2.05) is 59.4 Å². The van der Waals surface area contributed by atoms with Gasteiger partial charge in [-0.25, -0.2) is 0 Å². The molecule has 0 saturated heterocycles. The topological polar surface area (TPSA) is 67.2 Å². The molecule has 5 heteroatoms. The molecule has 1 heterocycles. The standard InChI is InChI=1S/C22H25N3O2/c1-3-11-25-15-17(14-24-25)13-23-22(27)19-9-7-18(8-10-19)21-6-4-5-20(12-21)16(2)26/h4-10,12,14-16,26H,3,11,13H2,1-2H3,(H,23,27)/t16-/m1/s1. The van der Waals surface area contributed by atoms with Crippen LogP contribution >= 0.6 is 0 Å². The number of benzene rings is 2. The van der Waals surface area contributed by atoms with Gasteiger partial charge in [0.05, 0.1) is 12.3 Å². The van der Waals surface area contributed by atoms with E-state index in [4.69, 9.17) is 0 Å². The molecule has 2 N–H and O–H groups in total. The van der Waals surface area contributed by atoms with Crippen molar-refractivity contribution >= 4 is 5.91 Å². The number of aromatic nitrogens is 2. The molecule has 2 aromatic carbocycles. The number of aliphatic hydroxyl groups is 1. The van der Waals surface area contributed by atoms with Gasteiger partial charge in [-0.05, 0) is 48.2 Å². The lowest BCUT2D eigenvalue weighted by molar-refractivity contribution is 0.0951. The quantitative estimate of drug-likeness (QED) is 0.668. The van der Waals surface area contributed by atoms with Crippen LogP contribution in [0.5, 0.6) is 0 Å². The minimum Gasteiger partial charge on any atom is -0.389 e. The average Bonchev–Trinajstić information content (AvgIpc) is 3.14. The highest BCUT2D eigenvalue weighted by Gasteiger charge is 2.08. The maximum Gasteiger partial charge on any atom is 0.251 e. The Morgan fingerprint density at radius 2 is 1.96 bits per heavy atom. The molecule has 27 heavy (non-hydrogen) atoms. The Hall–Kier alpha value is -2.92. The summed E-state index contributed by atoms with van der Waals surface area (Å²) in [5, 5.41) is 16.9. The second kappa shape index (κ2) is 8.64. The van der Waals surface area contributed by atoms with Gasteiger partial charge < -0.3 is 10.4 Å². The fourth-order valence-electron chi connectivity index (χ4n) is 2.93. The largest absolute Gasteiger partial charge is 0.389 e. The molecule has 0 aliphatic heterocycles. The summed E-state index contributed by atoms with van der Waals surface area (Å²) in [5.41, 5.74) is 4.51. The van der Waals surface area contributed by atoms with Gasteiger partial charge in [-0.15, -0.1) is 0 Å². The van der Waals surface area contributed by atoms with Crippen LogP contribution in [0.2, 0.25) is 0 Å². The van der Waals surface area contributed by atoms with Gasteiger partial charge in [-0.2, -0.15) is 5.10 Å². The van der Waals surface area contributed by atoms with E-state index in [0.717, 1.165) is 35.2 Å². The molecule has 1 atom stereocenters. The second-order valence-corrected chi connectivity index (χ2v) is 6.67. The van der Waals surface area contributed by atoms with Crippen molar-refractivity contribution in [3.63, 3.8) is 0 Å². The number of nitrogens with zero attached hydrogens (tertiary/aromatic N) is 2. The molecule has 140 valence electrons. The van der Waals surface area contributed by atoms with Crippen LogP contribution in [0.4, 0.5) is 0 Å². The van der Waals surface area contributed by atoms with Crippen LogP contribution in [0.25, 0.3) is 11.1 Å². The van der Waals surface area contributed by atoms with E-state index in [2.05, 4.69) is 17.3 Å². The molecule has 0 saturated carbocycles. The summed E-state index contributed by atoms with van der Waals surface area (Å²) in [4.78, 5) is 12.4. The van der Waals surface area contributed by atoms with Crippen molar-refractivity contribution in [2.45, 2.75) is 39.5 Å². The summed E-state index contributed by atoms with van der Waals surface area (Å²) < 4.78 is 1.89. The molecule has 0 unspecified atom stereocenters. The molecule has 0 aliphatic carbocycles. The molecule has 5 nitrogen and oxygen atoms in total. The summed E-state index contributed by atoms with van der Waals surface area (Å²) in [6, 6.07) is 15.3. The van der Waals surface area contributed by atoms with Crippen LogP contribution in [0, 0.1) is 0 Å². The van der Waals surface area contributed by atoms with E-state index in [1.165, 1.54) is 0 Å². The maximum absolute atomic E-state index is 12.4. The van der Waals surface area contributed by atoms with Gasteiger partial charge in [-0.3, -0.25) is 9.48 Å². The van der Waals surface area contributed by atoms with E-state index in [0.29, 0.717) is 12.1 Å². The van der Waals surface area contributed by atoms with Crippen LogP contribution in [0.15, 0.2) is 60.9 Å². The maximum atomic E-state index is 12.4. The van der Waals surface area contributed by atoms with Crippen molar-refractivity contribution in [3.8, 4) is 11.1 Å². The van der Waals surface area contributed by atoms with E-state index >= 15 is 0 Å². The van der Waals surface area contributed by atoms with E-state index in [1.54, 1.807) is 13.1 Å². The van der Waals surface area contributed by atoms with Crippen molar-refractivity contribution in [2.75, 3.05) is 0 Å². The third-order valence-corrected chi connectivity index (χ3v) is 4.44. The zero-order chi connectivity index (χ0) is 19.2.